The average Bonchev–Trinajstić information content (AvgIpc) is 2.42. The van der Waals surface area contributed by atoms with Crippen LogP contribution in [0.3, 0.4) is 0 Å². The third-order valence-corrected chi connectivity index (χ3v) is 3.18. The lowest BCUT2D eigenvalue weighted by Crippen LogP contribution is -2.24. The van der Waals surface area contributed by atoms with E-state index in [1.807, 2.05) is 0 Å². The zero-order chi connectivity index (χ0) is 12.8. The number of hydrogen-bond donors (Lipinski definition) is 1. The Labute approximate surface area is 107 Å². The number of ether oxygens (including phenoxy) is 2. The highest BCUT2D eigenvalue weighted by Crippen LogP contribution is 2.15. The number of hydrogen-bond acceptors (Lipinski definition) is 3. The number of rotatable bonds is 5. The highest BCUT2D eigenvalue weighted by Gasteiger charge is 2.14. The fourth-order valence-corrected chi connectivity index (χ4v) is 2.10. The maximum absolute atomic E-state index is 13.5. The third kappa shape index (κ3) is 3.77. The van der Waals surface area contributed by atoms with Gasteiger partial charge in [0.05, 0.1) is 19.3 Å². The topological polar surface area (TPSA) is 44.5 Å². The van der Waals surface area contributed by atoms with Gasteiger partial charge in [0.15, 0.2) is 0 Å². The van der Waals surface area contributed by atoms with Gasteiger partial charge in [0, 0.05) is 18.7 Å². The smallest absolute Gasteiger partial charge is 0.128 e. The van der Waals surface area contributed by atoms with Gasteiger partial charge >= 0.3 is 0 Å². The molecule has 0 bridgehead atoms. The Bertz CT molecular complexity index is 378. The van der Waals surface area contributed by atoms with Crippen molar-refractivity contribution in [3.63, 3.8) is 0 Å². The lowest BCUT2D eigenvalue weighted by atomic mass is 10.1. The maximum Gasteiger partial charge on any atom is 0.128 e. The predicted molar refractivity (Wildman–Crippen MR) is 67.5 cm³/mol. The molecule has 1 fully saturated rings. The van der Waals surface area contributed by atoms with Crippen molar-refractivity contribution >= 4 is 0 Å². The van der Waals surface area contributed by atoms with Crippen LogP contribution in [0.5, 0.6) is 0 Å². The molecular formula is C14H20FNO2. The van der Waals surface area contributed by atoms with Gasteiger partial charge in [-0.25, -0.2) is 4.39 Å². The summed E-state index contributed by atoms with van der Waals surface area (Å²) in [5.41, 5.74) is 7.02. The highest BCUT2D eigenvalue weighted by atomic mass is 19.1. The molecule has 1 saturated heterocycles. The summed E-state index contributed by atoms with van der Waals surface area (Å²) in [5, 5.41) is 0. The van der Waals surface area contributed by atoms with Gasteiger partial charge in [-0.05, 0) is 37.0 Å². The minimum absolute atomic E-state index is 0.166. The summed E-state index contributed by atoms with van der Waals surface area (Å²) < 4.78 is 24.6. The van der Waals surface area contributed by atoms with Gasteiger partial charge in [0.25, 0.3) is 0 Å². The van der Waals surface area contributed by atoms with Crippen molar-refractivity contribution in [3.8, 4) is 0 Å². The Morgan fingerprint density at radius 3 is 3.00 bits per heavy atom. The van der Waals surface area contributed by atoms with Gasteiger partial charge in [0.1, 0.15) is 5.82 Å². The molecule has 1 aromatic carbocycles. The van der Waals surface area contributed by atoms with Crippen molar-refractivity contribution in [2.24, 2.45) is 5.73 Å². The van der Waals surface area contributed by atoms with E-state index < -0.39 is 0 Å². The molecular weight excluding hydrogens is 233 g/mol. The zero-order valence-corrected chi connectivity index (χ0v) is 10.5. The molecule has 2 rings (SSSR count). The Morgan fingerprint density at radius 1 is 1.39 bits per heavy atom. The second-order valence-electron chi connectivity index (χ2n) is 4.63. The monoisotopic (exact) mass is 253 g/mol. The maximum atomic E-state index is 13.5. The summed E-state index contributed by atoms with van der Waals surface area (Å²) in [4.78, 5) is 0. The minimum Gasteiger partial charge on any atom is -0.376 e. The number of nitrogens with two attached hydrogens (primary N) is 1. The molecule has 1 heterocycles. The fourth-order valence-electron chi connectivity index (χ4n) is 2.10. The molecule has 1 aliphatic heterocycles. The molecule has 1 atom stereocenters. The normalized spacial score (nSPS) is 20.0. The van der Waals surface area contributed by atoms with Crippen LogP contribution in [0, 0.1) is 5.82 Å². The summed E-state index contributed by atoms with van der Waals surface area (Å²) in [5.74, 6) is -0.239. The first kappa shape index (κ1) is 13.5. The molecule has 1 aromatic rings. The molecule has 0 spiro atoms. The van der Waals surface area contributed by atoms with Crippen LogP contribution >= 0.6 is 0 Å². The second-order valence-corrected chi connectivity index (χ2v) is 4.63. The Hall–Kier alpha value is -0.970. The second kappa shape index (κ2) is 6.83. The lowest BCUT2D eigenvalue weighted by molar-refractivity contribution is -0.0451. The summed E-state index contributed by atoms with van der Waals surface area (Å²) in [6.45, 7) is 2.04. The van der Waals surface area contributed by atoms with E-state index >= 15 is 0 Å². The zero-order valence-electron chi connectivity index (χ0n) is 10.5. The highest BCUT2D eigenvalue weighted by molar-refractivity contribution is 5.24. The van der Waals surface area contributed by atoms with E-state index in [1.54, 1.807) is 12.1 Å². The van der Waals surface area contributed by atoms with Crippen molar-refractivity contribution in [1.29, 1.82) is 0 Å². The molecule has 0 aliphatic carbocycles. The molecule has 2 N–H and O–H groups in total. The largest absolute Gasteiger partial charge is 0.376 e. The first-order valence-corrected chi connectivity index (χ1v) is 6.46. The average molecular weight is 253 g/mol. The Kier molecular flexibility index (Phi) is 5.11. The van der Waals surface area contributed by atoms with Gasteiger partial charge in [0.2, 0.25) is 0 Å². The predicted octanol–water partition coefficient (Wildman–Crippen LogP) is 2.37. The standard InChI is InChI=1S/C14H20FNO2/c15-14-5-4-11(8-16)7-12(14)9-17-10-13-3-1-2-6-18-13/h4-5,7,13H,1-3,6,8-10,16H2. The first-order chi connectivity index (χ1) is 8.79. The first-order valence-electron chi connectivity index (χ1n) is 6.46. The summed E-state index contributed by atoms with van der Waals surface area (Å²) in [7, 11) is 0. The van der Waals surface area contributed by atoms with Crippen LogP contribution in [-0.4, -0.2) is 19.3 Å². The van der Waals surface area contributed by atoms with Crippen molar-refractivity contribution in [2.75, 3.05) is 13.2 Å². The van der Waals surface area contributed by atoms with Crippen LogP contribution in [0.2, 0.25) is 0 Å². The van der Waals surface area contributed by atoms with E-state index in [0.29, 0.717) is 18.7 Å². The summed E-state index contributed by atoms with van der Waals surface area (Å²) in [6, 6.07) is 4.90. The van der Waals surface area contributed by atoms with Gasteiger partial charge in [-0.15, -0.1) is 0 Å². The summed E-state index contributed by atoms with van der Waals surface area (Å²) >= 11 is 0. The number of halogens is 1. The van der Waals surface area contributed by atoms with E-state index in [4.69, 9.17) is 15.2 Å². The van der Waals surface area contributed by atoms with Crippen LogP contribution < -0.4 is 5.73 Å². The van der Waals surface area contributed by atoms with E-state index in [9.17, 15) is 4.39 Å². The third-order valence-electron chi connectivity index (χ3n) is 3.18. The van der Waals surface area contributed by atoms with Crippen LogP contribution in [0.15, 0.2) is 18.2 Å². The van der Waals surface area contributed by atoms with Gasteiger partial charge in [-0.2, -0.15) is 0 Å². The molecule has 1 aliphatic rings. The lowest BCUT2D eigenvalue weighted by Gasteiger charge is -2.22. The van der Waals surface area contributed by atoms with Crippen LogP contribution in [0.4, 0.5) is 4.39 Å². The molecule has 4 heteroatoms. The fraction of sp³-hybridized carbons (Fsp3) is 0.571. The molecule has 0 radical (unpaired) electrons. The van der Waals surface area contributed by atoms with E-state index in [1.165, 1.54) is 12.5 Å². The van der Waals surface area contributed by atoms with Crippen molar-refractivity contribution in [3.05, 3.63) is 35.1 Å². The van der Waals surface area contributed by atoms with Gasteiger partial charge in [-0.3, -0.25) is 0 Å². The van der Waals surface area contributed by atoms with Crippen molar-refractivity contribution in [1.82, 2.24) is 0 Å². The Morgan fingerprint density at radius 2 is 2.28 bits per heavy atom. The Balaban J connectivity index is 1.81. The minimum atomic E-state index is -0.239. The van der Waals surface area contributed by atoms with Crippen LogP contribution in [-0.2, 0) is 22.6 Å². The number of benzene rings is 1. The van der Waals surface area contributed by atoms with Crippen molar-refractivity contribution in [2.45, 2.75) is 38.5 Å². The molecule has 100 valence electrons. The SMILES string of the molecule is NCc1ccc(F)c(COCC2CCCCO2)c1. The van der Waals surface area contributed by atoms with E-state index in [0.717, 1.165) is 25.0 Å². The molecule has 3 nitrogen and oxygen atoms in total. The van der Waals surface area contributed by atoms with Gasteiger partial charge in [-0.1, -0.05) is 6.07 Å². The molecule has 0 amide bonds. The van der Waals surface area contributed by atoms with Crippen LogP contribution in [0.25, 0.3) is 0 Å². The quantitative estimate of drug-likeness (QED) is 0.876. The van der Waals surface area contributed by atoms with Crippen LogP contribution in [0.1, 0.15) is 30.4 Å². The summed E-state index contributed by atoms with van der Waals surface area (Å²) in [6.07, 6.45) is 3.51. The van der Waals surface area contributed by atoms with E-state index in [-0.39, 0.29) is 18.5 Å². The van der Waals surface area contributed by atoms with Gasteiger partial charge < -0.3 is 15.2 Å². The molecule has 1 unspecified atom stereocenters. The van der Waals surface area contributed by atoms with Crippen molar-refractivity contribution < 1.29 is 13.9 Å². The molecule has 18 heavy (non-hydrogen) atoms. The van der Waals surface area contributed by atoms with E-state index in [2.05, 4.69) is 0 Å². The molecule has 0 saturated carbocycles. The molecule has 0 aromatic heterocycles.